The standard InChI is InChI=1S/C15H13N3O2/c19-14-9-5-4-8-12(14)13-10-16-15(20)18(17-13)11-6-2-1-3-7-11/h1-9,19H,10H2,(H,16,20). The van der Waals surface area contributed by atoms with Crippen molar-refractivity contribution in [3.05, 3.63) is 60.2 Å². The average molecular weight is 267 g/mol. The Hall–Kier alpha value is -2.82. The topological polar surface area (TPSA) is 64.9 Å². The van der Waals surface area contributed by atoms with Crippen LogP contribution in [0, 0.1) is 0 Å². The molecule has 1 aliphatic rings. The number of anilines is 1. The van der Waals surface area contributed by atoms with Crippen LogP contribution >= 0.6 is 0 Å². The number of phenols is 1. The molecule has 5 heteroatoms. The molecule has 0 spiro atoms. The Morgan fingerprint density at radius 2 is 1.75 bits per heavy atom. The van der Waals surface area contributed by atoms with Crippen LogP contribution in [-0.4, -0.2) is 23.4 Å². The SMILES string of the molecule is O=C1NCC(c2ccccc2O)=NN1c1ccccc1. The van der Waals surface area contributed by atoms with Gasteiger partial charge in [-0.25, -0.2) is 4.79 Å². The van der Waals surface area contributed by atoms with Gasteiger partial charge in [-0.2, -0.15) is 10.1 Å². The fraction of sp³-hybridized carbons (Fsp3) is 0.0667. The lowest BCUT2D eigenvalue weighted by molar-refractivity contribution is 0.247. The second-order valence-electron chi connectivity index (χ2n) is 4.37. The number of nitrogens with zero attached hydrogens (tertiary/aromatic N) is 2. The van der Waals surface area contributed by atoms with Gasteiger partial charge >= 0.3 is 6.03 Å². The number of hydrogen-bond acceptors (Lipinski definition) is 3. The van der Waals surface area contributed by atoms with Crippen LogP contribution < -0.4 is 10.3 Å². The predicted octanol–water partition coefficient (Wildman–Crippen LogP) is 2.33. The summed E-state index contributed by atoms with van der Waals surface area (Å²) in [6.07, 6.45) is 0. The van der Waals surface area contributed by atoms with Gasteiger partial charge in [-0.1, -0.05) is 30.3 Å². The molecule has 5 nitrogen and oxygen atoms in total. The van der Waals surface area contributed by atoms with Gasteiger partial charge in [0.15, 0.2) is 0 Å². The Kier molecular flexibility index (Phi) is 3.09. The highest BCUT2D eigenvalue weighted by Crippen LogP contribution is 2.21. The van der Waals surface area contributed by atoms with E-state index in [0.29, 0.717) is 23.5 Å². The lowest BCUT2D eigenvalue weighted by Crippen LogP contribution is -2.45. The van der Waals surface area contributed by atoms with E-state index in [9.17, 15) is 9.90 Å². The number of phenolic OH excluding ortho intramolecular Hbond substituents is 1. The zero-order chi connectivity index (χ0) is 13.9. The number of amides is 2. The summed E-state index contributed by atoms with van der Waals surface area (Å²) in [4.78, 5) is 11.9. The van der Waals surface area contributed by atoms with Crippen molar-refractivity contribution in [1.82, 2.24) is 5.32 Å². The quantitative estimate of drug-likeness (QED) is 0.877. The molecule has 1 aliphatic heterocycles. The maximum Gasteiger partial charge on any atom is 0.342 e. The number of hydrazone groups is 1. The summed E-state index contributed by atoms with van der Waals surface area (Å²) in [6, 6.07) is 15.8. The van der Waals surface area contributed by atoms with E-state index in [4.69, 9.17) is 0 Å². The van der Waals surface area contributed by atoms with E-state index in [-0.39, 0.29) is 11.8 Å². The summed E-state index contributed by atoms with van der Waals surface area (Å²) >= 11 is 0. The number of hydrogen-bond donors (Lipinski definition) is 2. The fourth-order valence-corrected chi connectivity index (χ4v) is 2.05. The van der Waals surface area contributed by atoms with Crippen molar-refractivity contribution < 1.29 is 9.90 Å². The molecule has 0 aromatic heterocycles. The van der Waals surface area contributed by atoms with Crippen LogP contribution in [0.5, 0.6) is 5.75 Å². The minimum Gasteiger partial charge on any atom is -0.507 e. The molecule has 2 aromatic carbocycles. The van der Waals surface area contributed by atoms with Crippen molar-refractivity contribution in [2.24, 2.45) is 5.10 Å². The van der Waals surface area contributed by atoms with Crippen LogP contribution in [0.15, 0.2) is 59.7 Å². The molecular weight excluding hydrogens is 254 g/mol. The maximum atomic E-state index is 11.9. The normalized spacial score (nSPS) is 14.7. The molecule has 1 heterocycles. The Morgan fingerprint density at radius 1 is 1.05 bits per heavy atom. The molecule has 0 unspecified atom stereocenters. The number of aromatic hydroxyl groups is 1. The predicted molar refractivity (Wildman–Crippen MR) is 77.0 cm³/mol. The molecule has 0 aliphatic carbocycles. The van der Waals surface area contributed by atoms with Gasteiger partial charge in [0.05, 0.1) is 17.9 Å². The molecule has 3 rings (SSSR count). The second-order valence-corrected chi connectivity index (χ2v) is 4.37. The van der Waals surface area contributed by atoms with Gasteiger partial charge in [-0.3, -0.25) is 0 Å². The van der Waals surface area contributed by atoms with E-state index < -0.39 is 0 Å². The van der Waals surface area contributed by atoms with Crippen molar-refractivity contribution >= 4 is 17.4 Å². The monoisotopic (exact) mass is 267 g/mol. The number of urea groups is 1. The first-order chi connectivity index (χ1) is 9.75. The highest BCUT2D eigenvalue weighted by atomic mass is 16.3. The Balaban J connectivity index is 2.02. The highest BCUT2D eigenvalue weighted by molar-refractivity contribution is 6.10. The first-order valence-electron chi connectivity index (χ1n) is 6.24. The van der Waals surface area contributed by atoms with Crippen molar-refractivity contribution in [3.63, 3.8) is 0 Å². The molecular formula is C15H13N3O2. The van der Waals surface area contributed by atoms with E-state index >= 15 is 0 Å². The Morgan fingerprint density at radius 3 is 2.50 bits per heavy atom. The van der Waals surface area contributed by atoms with Crippen LogP contribution in [0.2, 0.25) is 0 Å². The molecule has 0 saturated heterocycles. The largest absolute Gasteiger partial charge is 0.507 e. The third-order valence-corrected chi connectivity index (χ3v) is 3.04. The third kappa shape index (κ3) is 2.21. The number of carbonyl (C=O) groups excluding carboxylic acids is 1. The number of carbonyl (C=O) groups is 1. The molecule has 2 amide bonds. The Labute approximate surface area is 116 Å². The lowest BCUT2D eigenvalue weighted by atomic mass is 10.1. The summed E-state index contributed by atoms with van der Waals surface area (Å²) in [6.45, 7) is 0.291. The van der Waals surface area contributed by atoms with Crippen molar-refractivity contribution in [3.8, 4) is 5.75 Å². The number of nitrogens with one attached hydrogen (secondary N) is 1. The average Bonchev–Trinajstić information content (AvgIpc) is 2.49. The molecule has 2 N–H and O–H groups in total. The zero-order valence-corrected chi connectivity index (χ0v) is 10.7. The van der Waals surface area contributed by atoms with E-state index in [1.807, 2.05) is 24.3 Å². The summed E-state index contributed by atoms with van der Waals surface area (Å²) in [5.41, 5.74) is 1.91. The molecule has 100 valence electrons. The van der Waals surface area contributed by atoms with Crippen LogP contribution in [0.1, 0.15) is 5.56 Å². The first-order valence-corrected chi connectivity index (χ1v) is 6.24. The third-order valence-electron chi connectivity index (χ3n) is 3.04. The van der Waals surface area contributed by atoms with E-state index in [2.05, 4.69) is 10.4 Å². The number of para-hydroxylation sites is 2. The first kappa shape index (κ1) is 12.2. The van der Waals surface area contributed by atoms with Gasteiger partial charge in [0.1, 0.15) is 5.75 Å². The van der Waals surface area contributed by atoms with E-state index in [0.717, 1.165) is 0 Å². The molecule has 2 aromatic rings. The van der Waals surface area contributed by atoms with Crippen LogP contribution in [-0.2, 0) is 0 Å². The van der Waals surface area contributed by atoms with Gasteiger partial charge in [-0.15, -0.1) is 0 Å². The minimum absolute atomic E-state index is 0.149. The minimum atomic E-state index is -0.282. The second kappa shape index (κ2) is 5.05. The van der Waals surface area contributed by atoms with Crippen LogP contribution in [0.25, 0.3) is 0 Å². The van der Waals surface area contributed by atoms with Crippen molar-refractivity contribution in [2.45, 2.75) is 0 Å². The van der Waals surface area contributed by atoms with Crippen LogP contribution in [0.4, 0.5) is 10.5 Å². The van der Waals surface area contributed by atoms with Crippen molar-refractivity contribution in [1.29, 1.82) is 0 Å². The van der Waals surface area contributed by atoms with Gasteiger partial charge in [0.2, 0.25) is 0 Å². The fourth-order valence-electron chi connectivity index (χ4n) is 2.05. The Bertz CT molecular complexity index is 668. The van der Waals surface area contributed by atoms with Gasteiger partial charge in [-0.05, 0) is 24.3 Å². The highest BCUT2D eigenvalue weighted by Gasteiger charge is 2.23. The number of rotatable bonds is 2. The molecule has 0 bridgehead atoms. The maximum absolute atomic E-state index is 11.9. The summed E-state index contributed by atoms with van der Waals surface area (Å²) in [5.74, 6) is 0.149. The molecule has 0 atom stereocenters. The zero-order valence-electron chi connectivity index (χ0n) is 10.7. The molecule has 0 saturated carbocycles. The molecule has 0 radical (unpaired) electrons. The van der Waals surface area contributed by atoms with Crippen LogP contribution in [0.3, 0.4) is 0 Å². The molecule has 20 heavy (non-hydrogen) atoms. The van der Waals surface area contributed by atoms with Gasteiger partial charge in [0, 0.05) is 5.56 Å². The molecule has 0 fully saturated rings. The van der Waals surface area contributed by atoms with E-state index in [1.54, 1.807) is 30.3 Å². The number of benzene rings is 2. The summed E-state index contributed by atoms with van der Waals surface area (Å²) in [7, 11) is 0. The smallest absolute Gasteiger partial charge is 0.342 e. The van der Waals surface area contributed by atoms with Crippen molar-refractivity contribution in [2.75, 3.05) is 11.6 Å². The van der Waals surface area contributed by atoms with Gasteiger partial charge in [0.25, 0.3) is 0 Å². The summed E-state index contributed by atoms with van der Waals surface area (Å²) < 4.78 is 0. The van der Waals surface area contributed by atoms with Gasteiger partial charge < -0.3 is 10.4 Å². The summed E-state index contributed by atoms with van der Waals surface area (Å²) in [5, 5.41) is 18.3. The van der Waals surface area contributed by atoms with E-state index in [1.165, 1.54) is 5.01 Å². The lowest BCUT2D eigenvalue weighted by Gasteiger charge is -2.24.